The third-order valence-corrected chi connectivity index (χ3v) is 5.07. The van der Waals surface area contributed by atoms with Crippen molar-refractivity contribution >= 4 is 34.1 Å². The minimum Gasteiger partial charge on any atom is -0.383 e. The predicted molar refractivity (Wildman–Crippen MR) is 102 cm³/mol. The SMILES string of the molecule is Cc1c[nH]c2ncnc(N3CC[C@](N)(CNc4ccc(Cl)cc4)C3)c12. The second kappa shape index (κ2) is 6.20. The molecule has 6 nitrogen and oxygen atoms in total. The molecule has 0 saturated carbocycles. The first-order valence-corrected chi connectivity index (χ1v) is 8.74. The molecule has 3 heterocycles. The fourth-order valence-corrected chi connectivity index (χ4v) is 3.53. The van der Waals surface area contributed by atoms with Crippen LogP contribution >= 0.6 is 11.6 Å². The van der Waals surface area contributed by atoms with Crippen molar-refractivity contribution in [1.82, 2.24) is 15.0 Å². The Morgan fingerprint density at radius 1 is 1.32 bits per heavy atom. The number of fused-ring (bicyclic) bond motifs is 1. The summed E-state index contributed by atoms with van der Waals surface area (Å²) in [5, 5.41) is 5.23. The van der Waals surface area contributed by atoms with Crippen LogP contribution in [-0.2, 0) is 0 Å². The summed E-state index contributed by atoms with van der Waals surface area (Å²) in [4.78, 5) is 14.3. The van der Waals surface area contributed by atoms with Crippen LogP contribution in [0.25, 0.3) is 11.0 Å². The maximum atomic E-state index is 6.64. The van der Waals surface area contributed by atoms with E-state index in [4.69, 9.17) is 17.3 Å². The lowest BCUT2D eigenvalue weighted by Gasteiger charge is -2.26. The highest BCUT2D eigenvalue weighted by Gasteiger charge is 2.35. The first kappa shape index (κ1) is 16.2. The summed E-state index contributed by atoms with van der Waals surface area (Å²) in [5.74, 6) is 0.961. The second-order valence-corrected chi connectivity index (χ2v) is 7.22. The molecule has 1 saturated heterocycles. The molecule has 2 aromatic heterocycles. The first-order chi connectivity index (χ1) is 12.0. The number of benzene rings is 1. The number of rotatable bonds is 4. The molecule has 4 N–H and O–H groups in total. The van der Waals surface area contributed by atoms with Crippen LogP contribution in [0.2, 0.25) is 5.02 Å². The summed E-state index contributed by atoms with van der Waals surface area (Å²) >= 11 is 5.93. The number of nitrogens with one attached hydrogen (secondary N) is 2. The van der Waals surface area contributed by atoms with Crippen molar-refractivity contribution in [2.75, 3.05) is 29.9 Å². The maximum absolute atomic E-state index is 6.64. The van der Waals surface area contributed by atoms with Gasteiger partial charge in [-0.15, -0.1) is 0 Å². The molecule has 130 valence electrons. The Morgan fingerprint density at radius 2 is 2.12 bits per heavy atom. The molecule has 3 aromatic rings. The Kier molecular flexibility index (Phi) is 4.01. The Morgan fingerprint density at radius 3 is 2.92 bits per heavy atom. The minimum absolute atomic E-state index is 0.304. The highest BCUT2D eigenvalue weighted by molar-refractivity contribution is 6.30. The Bertz CT molecular complexity index is 890. The van der Waals surface area contributed by atoms with E-state index in [1.807, 2.05) is 30.5 Å². The summed E-state index contributed by atoms with van der Waals surface area (Å²) in [6.45, 7) is 4.41. The van der Waals surface area contributed by atoms with Gasteiger partial charge in [0, 0.05) is 36.5 Å². The van der Waals surface area contributed by atoms with Crippen LogP contribution in [0.4, 0.5) is 11.5 Å². The van der Waals surface area contributed by atoms with E-state index in [1.54, 1.807) is 6.33 Å². The van der Waals surface area contributed by atoms with Gasteiger partial charge in [0.2, 0.25) is 0 Å². The number of nitrogens with two attached hydrogens (primary N) is 1. The van der Waals surface area contributed by atoms with Crippen molar-refractivity contribution in [3.05, 3.63) is 47.4 Å². The number of aromatic amines is 1. The Labute approximate surface area is 151 Å². The molecular formula is C18H21ClN6. The molecule has 0 radical (unpaired) electrons. The molecule has 1 aliphatic heterocycles. The average molecular weight is 357 g/mol. The van der Waals surface area contributed by atoms with Gasteiger partial charge in [-0.25, -0.2) is 9.97 Å². The van der Waals surface area contributed by atoms with Crippen molar-refractivity contribution in [3.8, 4) is 0 Å². The summed E-state index contributed by atoms with van der Waals surface area (Å²) in [6.07, 6.45) is 4.48. The zero-order valence-electron chi connectivity index (χ0n) is 14.1. The summed E-state index contributed by atoms with van der Waals surface area (Å²) in [6, 6.07) is 7.69. The molecule has 7 heteroatoms. The van der Waals surface area contributed by atoms with Crippen LogP contribution in [0.15, 0.2) is 36.8 Å². The van der Waals surface area contributed by atoms with Crippen molar-refractivity contribution in [3.63, 3.8) is 0 Å². The summed E-state index contributed by atoms with van der Waals surface area (Å²) < 4.78 is 0. The minimum atomic E-state index is -0.304. The van der Waals surface area contributed by atoms with Crippen LogP contribution in [0.5, 0.6) is 0 Å². The van der Waals surface area contributed by atoms with Gasteiger partial charge in [-0.05, 0) is 43.2 Å². The predicted octanol–water partition coefficient (Wildman–Crippen LogP) is 2.94. The lowest BCUT2D eigenvalue weighted by Crippen LogP contribution is -2.48. The van der Waals surface area contributed by atoms with Gasteiger partial charge in [0.1, 0.15) is 17.8 Å². The quantitative estimate of drug-likeness (QED) is 0.669. The third kappa shape index (κ3) is 3.15. The van der Waals surface area contributed by atoms with E-state index in [-0.39, 0.29) is 5.54 Å². The number of aryl methyl sites for hydroxylation is 1. The van der Waals surface area contributed by atoms with E-state index in [1.165, 1.54) is 0 Å². The van der Waals surface area contributed by atoms with Crippen LogP contribution in [-0.4, -0.2) is 40.1 Å². The molecule has 0 amide bonds. The molecule has 1 atom stereocenters. The van der Waals surface area contributed by atoms with Crippen LogP contribution in [0, 0.1) is 6.92 Å². The Balaban J connectivity index is 1.50. The van der Waals surface area contributed by atoms with Crippen molar-refractivity contribution in [2.24, 2.45) is 5.73 Å². The van der Waals surface area contributed by atoms with Gasteiger partial charge in [-0.2, -0.15) is 0 Å². The Hall–Kier alpha value is -2.31. The highest BCUT2D eigenvalue weighted by atomic mass is 35.5. The topological polar surface area (TPSA) is 82.9 Å². The second-order valence-electron chi connectivity index (χ2n) is 6.79. The van der Waals surface area contributed by atoms with Crippen molar-refractivity contribution in [2.45, 2.75) is 18.9 Å². The van der Waals surface area contributed by atoms with Crippen LogP contribution in [0.1, 0.15) is 12.0 Å². The third-order valence-electron chi connectivity index (χ3n) is 4.82. The zero-order chi connectivity index (χ0) is 17.4. The maximum Gasteiger partial charge on any atom is 0.143 e. The first-order valence-electron chi connectivity index (χ1n) is 8.36. The van der Waals surface area contributed by atoms with Gasteiger partial charge in [-0.3, -0.25) is 0 Å². The fourth-order valence-electron chi connectivity index (χ4n) is 3.40. The van der Waals surface area contributed by atoms with Gasteiger partial charge < -0.3 is 20.9 Å². The number of anilines is 2. The number of halogens is 1. The van der Waals surface area contributed by atoms with Gasteiger partial charge in [0.25, 0.3) is 0 Å². The molecular weight excluding hydrogens is 336 g/mol. The van der Waals surface area contributed by atoms with Crippen LogP contribution < -0.4 is 16.0 Å². The van der Waals surface area contributed by atoms with E-state index in [0.29, 0.717) is 6.54 Å². The molecule has 0 bridgehead atoms. The number of H-pyrrole nitrogens is 1. The van der Waals surface area contributed by atoms with Crippen molar-refractivity contribution in [1.29, 1.82) is 0 Å². The molecule has 1 fully saturated rings. The van der Waals surface area contributed by atoms with Crippen LogP contribution in [0.3, 0.4) is 0 Å². The normalized spacial score (nSPS) is 20.4. The van der Waals surface area contributed by atoms with E-state index in [2.05, 4.69) is 32.1 Å². The molecule has 0 aliphatic carbocycles. The highest BCUT2D eigenvalue weighted by Crippen LogP contribution is 2.30. The molecule has 1 aliphatic rings. The van der Waals surface area contributed by atoms with E-state index < -0.39 is 0 Å². The zero-order valence-corrected chi connectivity index (χ0v) is 14.8. The van der Waals surface area contributed by atoms with E-state index >= 15 is 0 Å². The molecule has 25 heavy (non-hydrogen) atoms. The lowest BCUT2D eigenvalue weighted by atomic mass is 10.0. The largest absolute Gasteiger partial charge is 0.383 e. The number of aromatic nitrogens is 3. The average Bonchev–Trinajstić information content (AvgIpc) is 3.19. The lowest BCUT2D eigenvalue weighted by molar-refractivity contribution is 0.499. The summed E-state index contributed by atoms with van der Waals surface area (Å²) in [5.41, 5.74) is 9.39. The van der Waals surface area contributed by atoms with Gasteiger partial charge in [0.05, 0.1) is 10.9 Å². The number of nitrogens with zero attached hydrogens (tertiary/aromatic N) is 3. The summed E-state index contributed by atoms with van der Waals surface area (Å²) in [7, 11) is 0. The number of hydrogen-bond donors (Lipinski definition) is 3. The monoisotopic (exact) mass is 356 g/mol. The van der Waals surface area contributed by atoms with Gasteiger partial charge >= 0.3 is 0 Å². The van der Waals surface area contributed by atoms with Gasteiger partial charge in [0.15, 0.2) is 0 Å². The smallest absolute Gasteiger partial charge is 0.143 e. The standard InChI is InChI=1S/C18H21ClN6/c1-12-8-21-16-15(12)17(24-11-23-16)25-7-6-18(20,10-25)9-22-14-4-2-13(19)3-5-14/h2-5,8,11,22H,6-7,9-10,20H2,1H3,(H,21,23,24)/t18-/m0/s1. The van der Waals surface area contributed by atoms with Crippen molar-refractivity contribution < 1.29 is 0 Å². The molecule has 1 aromatic carbocycles. The molecule has 4 rings (SSSR count). The number of hydrogen-bond acceptors (Lipinski definition) is 5. The fraction of sp³-hybridized carbons (Fsp3) is 0.333. The molecule has 0 unspecified atom stereocenters. The van der Waals surface area contributed by atoms with Gasteiger partial charge in [-0.1, -0.05) is 11.6 Å². The van der Waals surface area contributed by atoms with E-state index in [9.17, 15) is 0 Å². The molecule has 0 spiro atoms. The van der Waals surface area contributed by atoms with E-state index in [0.717, 1.165) is 52.6 Å².